The maximum Gasteiger partial charge on any atom is 0.153 e. The average Bonchev–Trinajstić information content (AvgIpc) is 2.27. The van der Waals surface area contributed by atoms with Gasteiger partial charge >= 0.3 is 0 Å². The van der Waals surface area contributed by atoms with E-state index in [1.165, 1.54) is 7.11 Å². The number of nitrogens with two attached hydrogens (primary N) is 1. The lowest BCUT2D eigenvalue weighted by molar-refractivity contribution is 0.112. The highest BCUT2D eigenvalue weighted by atomic mass is 16.5. The van der Waals surface area contributed by atoms with Gasteiger partial charge in [-0.15, -0.1) is 0 Å². The van der Waals surface area contributed by atoms with Gasteiger partial charge in [-0.2, -0.15) is 0 Å². The summed E-state index contributed by atoms with van der Waals surface area (Å²) in [5.41, 5.74) is 9.31. The molecule has 1 aromatic rings. The predicted octanol–water partition coefficient (Wildman–Crippen LogP) is 2.21. The number of ether oxygens (including phenoxy) is 1. The van der Waals surface area contributed by atoms with E-state index in [1.807, 2.05) is 13.0 Å². The SMILES string of the molecule is CCc1cc(C=O)c(OC)c(N)c1CC. The van der Waals surface area contributed by atoms with Crippen molar-refractivity contribution in [3.63, 3.8) is 0 Å². The van der Waals surface area contributed by atoms with Gasteiger partial charge in [0.25, 0.3) is 0 Å². The minimum Gasteiger partial charge on any atom is -0.494 e. The van der Waals surface area contributed by atoms with Crippen LogP contribution >= 0.6 is 0 Å². The zero-order valence-corrected chi connectivity index (χ0v) is 9.46. The molecule has 0 bridgehead atoms. The molecule has 0 aromatic heterocycles. The third kappa shape index (κ3) is 1.96. The molecule has 0 aliphatic rings. The van der Waals surface area contributed by atoms with Crippen LogP contribution in [0.5, 0.6) is 5.75 Å². The number of benzene rings is 1. The van der Waals surface area contributed by atoms with Crippen LogP contribution < -0.4 is 10.5 Å². The summed E-state index contributed by atoms with van der Waals surface area (Å²) in [6, 6.07) is 1.86. The average molecular weight is 207 g/mol. The molecule has 0 saturated heterocycles. The first-order valence-electron chi connectivity index (χ1n) is 5.12. The number of rotatable bonds is 4. The number of nitrogen functional groups attached to an aromatic ring is 1. The van der Waals surface area contributed by atoms with Gasteiger partial charge < -0.3 is 10.5 Å². The molecule has 0 atom stereocenters. The summed E-state index contributed by atoms with van der Waals surface area (Å²) in [5, 5.41) is 0. The molecule has 0 spiro atoms. The number of hydrogen-bond donors (Lipinski definition) is 1. The monoisotopic (exact) mass is 207 g/mol. The second-order valence-electron chi connectivity index (χ2n) is 3.38. The van der Waals surface area contributed by atoms with Gasteiger partial charge in [-0.05, 0) is 30.0 Å². The minimum atomic E-state index is 0.499. The van der Waals surface area contributed by atoms with Gasteiger partial charge in [-0.3, -0.25) is 4.79 Å². The molecule has 0 aliphatic heterocycles. The topological polar surface area (TPSA) is 52.3 Å². The fraction of sp³-hybridized carbons (Fsp3) is 0.417. The molecule has 0 heterocycles. The molecule has 3 nitrogen and oxygen atoms in total. The van der Waals surface area contributed by atoms with Crippen LogP contribution in [0.2, 0.25) is 0 Å². The van der Waals surface area contributed by atoms with Crippen molar-refractivity contribution >= 4 is 12.0 Å². The zero-order chi connectivity index (χ0) is 11.4. The number of anilines is 1. The van der Waals surface area contributed by atoms with Gasteiger partial charge in [-0.25, -0.2) is 0 Å². The Bertz CT molecular complexity index is 372. The molecule has 1 aromatic carbocycles. The Hall–Kier alpha value is -1.51. The van der Waals surface area contributed by atoms with Crippen LogP contribution in [0.15, 0.2) is 6.07 Å². The minimum absolute atomic E-state index is 0.499. The highest BCUT2D eigenvalue weighted by Gasteiger charge is 2.13. The first-order chi connectivity index (χ1) is 7.19. The van der Waals surface area contributed by atoms with Gasteiger partial charge in [0.2, 0.25) is 0 Å². The lowest BCUT2D eigenvalue weighted by atomic mass is 9.97. The van der Waals surface area contributed by atoms with Crippen LogP contribution in [-0.2, 0) is 12.8 Å². The first kappa shape index (κ1) is 11.6. The van der Waals surface area contributed by atoms with Crippen LogP contribution in [0, 0.1) is 0 Å². The standard InChI is InChI=1S/C12H17NO2/c1-4-8-6-9(7-14)12(15-3)11(13)10(8)5-2/h6-7H,4-5,13H2,1-3H3. The molecule has 15 heavy (non-hydrogen) atoms. The largest absolute Gasteiger partial charge is 0.494 e. The van der Waals surface area contributed by atoms with Gasteiger partial charge in [0, 0.05) is 0 Å². The van der Waals surface area contributed by atoms with Gasteiger partial charge in [-0.1, -0.05) is 13.8 Å². The van der Waals surface area contributed by atoms with Gasteiger partial charge in [0.15, 0.2) is 12.0 Å². The van der Waals surface area contributed by atoms with E-state index in [1.54, 1.807) is 0 Å². The van der Waals surface area contributed by atoms with Crippen molar-refractivity contribution in [3.05, 3.63) is 22.8 Å². The fourth-order valence-electron chi connectivity index (χ4n) is 1.85. The summed E-state index contributed by atoms with van der Waals surface area (Å²) in [5.74, 6) is 0.499. The quantitative estimate of drug-likeness (QED) is 0.608. The third-order valence-corrected chi connectivity index (χ3v) is 2.61. The van der Waals surface area contributed by atoms with Gasteiger partial charge in [0.05, 0.1) is 18.4 Å². The molecular formula is C12H17NO2. The second kappa shape index (κ2) is 4.82. The van der Waals surface area contributed by atoms with Crippen molar-refractivity contribution in [2.45, 2.75) is 26.7 Å². The first-order valence-corrected chi connectivity index (χ1v) is 5.12. The highest BCUT2D eigenvalue weighted by Crippen LogP contribution is 2.32. The van der Waals surface area contributed by atoms with Crippen molar-refractivity contribution in [2.75, 3.05) is 12.8 Å². The predicted molar refractivity (Wildman–Crippen MR) is 61.5 cm³/mol. The molecule has 0 fully saturated rings. The Morgan fingerprint density at radius 1 is 1.40 bits per heavy atom. The fourth-order valence-corrected chi connectivity index (χ4v) is 1.85. The van der Waals surface area contributed by atoms with Crippen LogP contribution in [0.4, 0.5) is 5.69 Å². The Kier molecular flexibility index (Phi) is 3.72. The molecule has 0 aliphatic carbocycles. The Labute approximate surface area is 90.2 Å². The van der Waals surface area contributed by atoms with E-state index in [0.29, 0.717) is 17.0 Å². The third-order valence-electron chi connectivity index (χ3n) is 2.61. The summed E-state index contributed by atoms with van der Waals surface area (Å²) in [7, 11) is 1.53. The maximum absolute atomic E-state index is 10.9. The number of aryl methyl sites for hydroxylation is 1. The molecule has 0 radical (unpaired) electrons. The van der Waals surface area contributed by atoms with Crippen LogP contribution in [-0.4, -0.2) is 13.4 Å². The molecule has 0 amide bonds. The molecule has 0 unspecified atom stereocenters. The number of methoxy groups -OCH3 is 1. The zero-order valence-electron chi connectivity index (χ0n) is 9.46. The molecule has 2 N–H and O–H groups in total. The second-order valence-corrected chi connectivity index (χ2v) is 3.38. The molecule has 1 rings (SSSR count). The van der Waals surface area contributed by atoms with E-state index in [0.717, 1.165) is 30.3 Å². The van der Waals surface area contributed by atoms with E-state index in [-0.39, 0.29) is 0 Å². The molecule has 0 saturated carbocycles. The maximum atomic E-state index is 10.9. The Morgan fingerprint density at radius 3 is 2.47 bits per heavy atom. The van der Waals surface area contributed by atoms with E-state index in [9.17, 15) is 4.79 Å². The van der Waals surface area contributed by atoms with E-state index in [2.05, 4.69) is 6.92 Å². The molecular weight excluding hydrogens is 190 g/mol. The van der Waals surface area contributed by atoms with Crippen molar-refractivity contribution in [1.29, 1.82) is 0 Å². The molecule has 3 heteroatoms. The van der Waals surface area contributed by atoms with E-state index in [4.69, 9.17) is 10.5 Å². The number of aldehydes is 1. The summed E-state index contributed by atoms with van der Waals surface area (Å²) in [6.45, 7) is 4.10. The van der Waals surface area contributed by atoms with Crippen LogP contribution in [0.3, 0.4) is 0 Å². The van der Waals surface area contributed by atoms with Crippen LogP contribution in [0.1, 0.15) is 35.3 Å². The Morgan fingerprint density at radius 2 is 2.07 bits per heavy atom. The van der Waals surface area contributed by atoms with Crippen molar-refractivity contribution < 1.29 is 9.53 Å². The van der Waals surface area contributed by atoms with Gasteiger partial charge in [0.1, 0.15) is 0 Å². The lowest BCUT2D eigenvalue weighted by Crippen LogP contribution is -2.04. The van der Waals surface area contributed by atoms with Crippen molar-refractivity contribution in [3.8, 4) is 5.75 Å². The van der Waals surface area contributed by atoms with Crippen molar-refractivity contribution in [1.82, 2.24) is 0 Å². The van der Waals surface area contributed by atoms with Crippen molar-refractivity contribution in [2.24, 2.45) is 0 Å². The number of carbonyl (C=O) groups is 1. The summed E-state index contributed by atoms with van der Waals surface area (Å²) >= 11 is 0. The Balaban J connectivity index is 3.48. The van der Waals surface area contributed by atoms with E-state index < -0.39 is 0 Å². The van der Waals surface area contributed by atoms with E-state index >= 15 is 0 Å². The summed E-state index contributed by atoms with van der Waals surface area (Å²) < 4.78 is 5.15. The lowest BCUT2D eigenvalue weighted by Gasteiger charge is -2.15. The number of hydrogen-bond acceptors (Lipinski definition) is 3. The summed E-state index contributed by atoms with van der Waals surface area (Å²) in [4.78, 5) is 10.9. The molecule has 82 valence electrons. The smallest absolute Gasteiger partial charge is 0.153 e. The summed E-state index contributed by atoms with van der Waals surface area (Å²) in [6.07, 6.45) is 2.51. The number of carbonyl (C=O) groups excluding carboxylic acids is 1. The highest BCUT2D eigenvalue weighted by molar-refractivity contribution is 5.85. The van der Waals surface area contributed by atoms with Crippen LogP contribution in [0.25, 0.3) is 0 Å². The normalized spacial score (nSPS) is 10.1.